The van der Waals surface area contributed by atoms with Crippen molar-refractivity contribution in [2.75, 3.05) is 29.9 Å². The van der Waals surface area contributed by atoms with Crippen LogP contribution in [0.1, 0.15) is 43.3 Å². The maximum atomic E-state index is 14.7. The molecule has 1 atom stereocenters. The molecule has 0 bridgehead atoms. The molecule has 1 aliphatic heterocycles. The minimum absolute atomic E-state index is 0.00717. The van der Waals surface area contributed by atoms with Crippen LogP contribution >= 0.6 is 0 Å². The highest BCUT2D eigenvalue weighted by Crippen LogP contribution is 2.41. The molecule has 0 spiro atoms. The van der Waals surface area contributed by atoms with Gasteiger partial charge in [-0.05, 0) is 26.8 Å². The standard InChI is InChI=1S/C24H24F5N5O3/c1-11(13-5-4-6-14(18(13)27)19(28)29)30-20-15-7-16(34-9-24(3,10-34)23(35)36)22(37-8-17(25)26)33-21(15)32-12(2)31-20/h4-7,11,17,19H,8-10H2,1-3H3,(H,35,36)(H,30,31,32,33)/t11-/m1/s1. The molecule has 0 aliphatic carbocycles. The predicted molar refractivity (Wildman–Crippen MR) is 125 cm³/mol. The van der Waals surface area contributed by atoms with E-state index in [9.17, 15) is 31.9 Å². The molecule has 2 N–H and O–H groups in total. The molecular weight excluding hydrogens is 501 g/mol. The number of nitrogens with zero attached hydrogens (tertiary/aromatic N) is 4. The van der Waals surface area contributed by atoms with Crippen molar-refractivity contribution in [2.24, 2.45) is 5.41 Å². The van der Waals surface area contributed by atoms with E-state index in [2.05, 4.69) is 20.3 Å². The van der Waals surface area contributed by atoms with E-state index in [1.54, 1.807) is 25.7 Å². The van der Waals surface area contributed by atoms with Crippen LogP contribution in [0.3, 0.4) is 0 Å². The number of anilines is 2. The van der Waals surface area contributed by atoms with Crippen LogP contribution in [0.15, 0.2) is 24.3 Å². The molecule has 0 amide bonds. The van der Waals surface area contributed by atoms with E-state index < -0.39 is 48.3 Å². The van der Waals surface area contributed by atoms with Gasteiger partial charge in [-0.25, -0.2) is 31.9 Å². The minimum atomic E-state index is -2.99. The van der Waals surface area contributed by atoms with E-state index in [-0.39, 0.29) is 47.5 Å². The van der Waals surface area contributed by atoms with Crippen molar-refractivity contribution >= 4 is 28.5 Å². The molecule has 13 heteroatoms. The maximum Gasteiger partial charge on any atom is 0.312 e. The van der Waals surface area contributed by atoms with Gasteiger partial charge in [0.25, 0.3) is 12.9 Å². The van der Waals surface area contributed by atoms with Crippen molar-refractivity contribution in [3.05, 3.63) is 47.0 Å². The summed E-state index contributed by atoms with van der Waals surface area (Å²) in [6, 6.07) is 4.45. The van der Waals surface area contributed by atoms with Crippen LogP contribution in [0.5, 0.6) is 5.88 Å². The predicted octanol–water partition coefficient (Wildman–Crippen LogP) is 5.14. The number of aryl methyl sites for hydroxylation is 1. The number of carboxylic acids is 1. The zero-order valence-electron chi connectivity index (χ0n) is 20.1. The fourth-order valence-corrected chi connectivity index (χ4v) is 4.18. The van der Waals surface area contributed by atoms with Crippen molar-refractivity contribution in [1.29, 1.82) is 0 Å². The second-order valence-electron chi connectivity index (χ2n) is 9.14. The number of hydrogen-bond acceptors (Lipinski definition) is 7. The number of pyridine rings is 1. The largest absolute Gasteiger partial charge is 0.481 e. The first-order valence-corrected chi connectivity index (χ1v) is 11.3. The molecule has 3 heterocycles. The number of rotatable bonds is 9. The number of ether oxygens (including phenoxy) is 1. The lowest BCUT2D eigenvalue weighted by Crippen LogP contribution is -2.59. The summed E-state index contributed by atoms with van der Waals surface area (Å²) in [5, 5.41) is 12.8. The summed E-state index contributed by atoms with van der Waals surface area (Å²) in [5.41, 5.74) is -1.41. The number of fused-ring (bicyclic) bond motifs is 1. The Morgan fingerprint density at radius 3 is 2.49 bits per heavy atom. The number of halogens is 5. The first-order valence-electron chi connectivity index (χ1n) is 11.3. The van der Waals surface area contributed by atoms with Crippen LogP contribution in [0.2, 0.25) is 0 Å². The summed E-state index contributed by atoms with van der Waals surface area (Å²) in [6.07, 6.45) is -5.75. The molecule has 4 rings (SSSR count). The summed E-state index contributed by atoms with van der Waals surface area (Å²) >= 11 is 0. The fourth-order valence-electron chi connectivity index (χ4n) is 4.18. The SMILES string of the molecule is Cc1nc(N[C@H](C)c2cccc(C(F)F)c2F)c2cc(N3CC(C)(C(=O)O)C3)c(OCC(F)F)nc2n1. The highest BCUT2D eigenvalue weighted by Gasteiger charge is 2.46. The van der Waals surface area contributed by atoms with Gasteiger partial charge in [0.05, 0.1) is 22.4 Å². The average Bonchev–Trinajstić information content (AvgIpc) is 2.79. The molecule has 8 nitrogen and oxygen atoms in total. The molecular formula is C24H24F5N5O3. The van der Waals surface area contributed by atoms with Crippen LogP contribution in [0.4, 0.5) is 33.5 Å². The number of benzene rings is 1. The summed E-state index contributed by atoms with van der Waals surface area (Å²) in [4.78, 5) is 26.1. The van der Waals surface area contributed by atoms with Crippen LogP contribution in [0.25, 0.3) is 11.0 Å². The molecule has 1 aliphatic rings. The summed E-state index contributed by atoms with van der Waals surface area (Å²) in [5.74, 6) is -1.73. The van der Waals surface area contributed by atoms with Gasteiger partial charge < -0.3 is 20.1 Å². The van der Waals surface area contributed by atoms with Gasteiger partial charge in [0, 0.05) is 18.7 Å². The Morgan fingerprint density at radius 1 is 1.19 bits per heavy atom. The van der Waals surface area contributed by atoms with Crippen molar-refractivity contribution in [1.82, 2.24) is 15.0 Å². The van der Waals surface area contributed by atoms with Crippen molar-refractivity contribution in [3.63, 3.8) is 0 Å². The number of carboxylic acid groups (broad SMARTS) is 1. The Kier molecular flexibility index (Phi) is 7.07. The fraction of sp³-hybridized carbons (Fsp3) is 0.417. The lowest BCUT2D eigenvalue weighted by Gasteiger charge is -2.46. The maximum absolute atomic E-state index is 14.7. The van der Waals surface area contributed by atoms with E-state index in [4.69, 9.17) is 4.74 Å². The van der Waals surface area contributed by atoms with Gasteiger partial charge in [-0.1, -0.05) is 18.2 Å². The third kappa shape index (κ3) is 5.20. The smallest absolute Gasteiger partial charge is 0.312 e. The average molecular weight is 525 g/mol. The van der Waals surface area contributed by atoms with Gasteiger partial charge in [0.1, 0.15) is 23.1 Å². The van der Waals surface area contributed by atoms with Crippen LogP contribution in [-0.4, -0.2) is 52.1 Å². The van der Waals surface area contributed by atoms with Crippen LogP contribution in [-0.2, 0) is 4.79 Å². The zero-order valence-corrected chi connectivity index (χ0v) is 20.1. The van der Waals surface area contributed by atoms with Crippen molar-refractivity contribution in [3.8, 4) is 5.88 Å². The monoisotopic (exact) mass is 525 g/mol. The number of alkyl halides is 4. The third-order valence-corrected chi connectivity index (χ3v) is 6.14. The quantitative estimate of drug-likeness (QED) is 0.371. The molecule has 0 saturated carbocycles. The van der Waals surface area contributed by atoms with Gasteiger partial charge in [-0.3, -0.25) is 4.79 Å². The molecule has 0 radical (unpaired) electrons. The molecule has 37 heavy (non-hydrogen) atoms. The first-order chi connectivity index (χ1) is 17.4. The van der Waals surface area contributed by atoms with E-state index in [0.717, 1.165) is 6.07 Å². The summed E-state index contributed by atoms with van der Waals surface area (Å²) in [6.45, 7) is 3.93. The van der Waals surface area contributed by atoms with Gasteiger partial charge in [0.2, 0.25) is 5.88 Å². The summed E-state index contributed by atoms with van der Waals surface area (Å²) < 4.78 is 72.1. The zero-order chi connectivity index (χ0) is 27.1. The number of aromatic nitrogens is 3. The Morgan fingerprint density at radius 2 is 1.86 bits per heavy atom. The highest BCUT2D eigenvalue weighted by molar-refractivity contribution is 5.91. The highest BCUT2D eigenvalue weighted by atomic mass is 19.3. The topological polar surface area (TPSA) is 100 Å². The van der Waals surface area contributed by atoms with Crippen LogP contribution in [0, 0.1) is 18.2 Å². The molecule has 1 aromatic carbocycles. The Balaban J connectivity index is 1.75. The molecule has 0 unspecified atom stereocenters. The second-order valence-corrected chi connectivity index (χ2v) is 9.14. The molecule has 1 fully saturated rings. The normalized spacial score (nSPS) is 15.7. The molecule has 2 aromatic heterocycles. The Hall–Kier alpha value is -3.77. The van der Waals surface area contributed by atoms with Gasteiger partial charge in [-0.2, -0.15) is 4.98 Å². The Bertz CT molecular complexity index is 1330. The molecule has 198 valence electrons. The van der Waals surface area contributed by atoms with E-state index in [1.165, 1.54) is 18.2 Å². The van der Waals surface area contributed by atoms with Gasteiger partial charge in [0.15, 0.2) is 12.3 Å². The molecule has 3 aromatic rings. The Labute approximate surface area is 208 Å². The van der Waals surface area contributed by atoms with E-state index >= 15 is 0 Å². The molecule has 1 saturated heterocycles. The van der Waals surface area contributed by atoms with Gasteiger partial charge in [-0.15, -0.1) is 0 Å². The van der Waals surface area contributed by atoms with Gasteiger partial charge >= 0.3 is 5.97 Å². The van der Waals surface area contributed by atoms with Crippen LogP contribution < -0.4 is 15.0 Å². The first kappa shape index (κ1) is 26.3. The van der Waals surface area contributed by atoms with E-state index in [1.807, 2.05) is 0 Å². The van der Waals surface area contributed by atoms with Crippen molar-refractivity contribution < 1.29 is 36.6 Å². The lowest BCUT2D eigenvalue weighted by molar-refractivity contribution is -0.149. The number of nitrogens with one attached hydrogen (secondary N) is 1. The number of aliphatic carboxylic acids is 1. The van der Waals surface area contributed by atoms with E-state index in [0.29, 0.717) is 5.39 Å². The lowest BCUT2D eigenvalue weighted by atomic mass is 9.82. The number of carbonyl (C=O) groups is 1. The minimum Gasteiger partial charge on any atom is -0.481 e. The number of hydrogen-bond donors (Lipinski definition) is 2. The second kappa shape index (κ2) is 9.94. The third-order valence-electron chi connectivity index (χ3n) is 6.14. The van der Waals surface area contributed by atoms with Crippen molar-refractivity contribution in [2.45, 2.75) is 39.7 Å². The summed E-state index contributed by atoms with van der Waals surface area (Å²) in [7, 11) is 0.